The molecule has 2 atom stereocenters. The van der Waals surface area contributed by atoms with Crippen LogP contribution in [0.3, 0.4) is 0 Å². The van der Waals surface area contributed by atoms with Gasteiger partial charge in [0.05, 0.1) is 19.6 Å². The Labute approximate surface area is 313 Å². The number of benzene rings is 4. The Morgan fingerprint density at radius 1 is 0.868 bits per heavy atom. The molecule has 1 aromatic heterocycles. The van der Waals surface area contributed by atoms with Crippen LogP contribution in [-0.4, -0.2) is 67.5 Å². The van der Waals surface area contributed by atoms with Gasteiger partial charge >= 0.3 is 11.9 Å². The van der Waals surface area contributed by atoms with Gasteiger partial charge in [0, 0.05) is 47.5 Å². The normalized spacial score (nSPS) is 15.1. The first kappa shape index (κ1) is 40.4. The van der Waals surface area contributed by atoms with E-state index in [1.165, 1.54) is 31.0 Å². The van der Waals surface area contributed by atoms with Crippen molar-refractivity contribution < 1.29 is 38.4 Å². The summed E-state index contributed by atoms with van der Waals surface area (Å²) in [6, 6.07) is 33.1. The molecule has 1 aliphatic rings. The molecule has 0 saturated carbocycles. The lowest BCUT2D eigenvalue weighted by molar-refractivity contribution is -0.134. The second-order valence-corrected chi connectivity index (χ2v) is 12.8. The molecule has 0 radical (unpaired) electrons. The predicted molar refractivity (Wildman–Crippen MR) is 206 cm³/mol. The van der Waals surface area contributed by atoms with Crippen molar-refractivity contribution >= 4 is 34.5 Å². The second kappa shape index (κ2) is 19.4. The molecule has 5 aromatic rings. The average molecular weight is 742 g/mol. The van der Waals surface area contributed by atoms with Crippen LogP contribution in [-0.2, 0) is 19.9 Å². The summed E-state index contributed by atoms with van der Waals surface area (Å²) in [5.41, 5.74) is 3.06. The highest BCUT2D eigenvalue weighted by Gasteiger charge is 2.31. The van der Waals surface area contributed by atoms with Gasteiger partial charge in [0.1, 0.15) is 28.4 Å². The number of hydrogen-bond donors (Lipinski definition) is 2. The summed E-state index contributed by atoms with van der Waals surface area (Å²) in [5, 5.41) is 16.9. The van der Waals surface area contributed by atoms with E-state index in [1.54, 1.807) is 32.4 Å². The van der Waals surface area contributed by atoms with Gasteiger partial charge in [-0.25, -0.2) is 9.59 Å². The number of fused-ring (bicyclic) bond motifs is 1. The van der Waals surface area contributed by atoms with Crippen LogP contribution in [0.15, 0.2) is 124 Å². The van der Waals surface area contributed by atoms with Crippen LogP contribution < -0.4 is 14.9 Å². The minimum Gasteiger partial charge on any atom is -0.497 e. The van der Waals surface area contributed by atoms with Gasteiger partial charge in [0.2, 0.25) is 0 Å². The SMILES string of the molecule is CN1CCCC1CCOC(C)(c1ccccc1)c1ccc(Cl)cc1.COc1cccc(-c2cc(=O)c3ccc(OC)cc3o2)c1.O=C(O)C=CC(=O)O. The summed E-state index contributed by atoms with van der Waals surface area (Å²) in [6.45, 7) is 4.12. The minimum absolute atomic E-state index is 0.0864. The fraction of sp³-hybridized carbons (Fsp3) is 0.262. The van der Waals surface area contributed by atoms with Crippen LogP contribution in [0.5, 0.6) is 11.5 Å². The Balaban J connectivity index is 0.000000198. The highest BCUT2D eigenvalue weighted by Crippen LogP contribution is 2.35. The van der Waals surface area contributed by atoms with Crippen LogP contribution >= 0.6 is 11.6 Å². The highest BCUT2D eigenvalue weighted by molar-refractivity contribution is 6.30. The van der Waals surface area contributed by atoms with Gasteiger partial charge in [-0.05, 0) is 87.3 Å². The zero-order valence-electron chi connectivity index (χ0n) is 30.2. The van der Waals surface area contributed by atoms with E-state index in [9.17, 15) is 14.4 Å². The fourth-order valence-electron chi connectivity index (χ4n) is 5.92. The van der Waals surface area contributed by atoms with Crippen molar-refractivity contribution in [2.75, 3.05) is 34.4 Å². The van der Waals surface area contributed by atoms with Crippen molar-refractivity contribution in [3.63, 3.8) is 0 Å². The maximum Gasteiger partial charge on any atom is 0.328 e. The molecule has 2 unspecified atom stereocenters. The lowest BCUT2D eigenvalue weighted by atomic mass is 9.88. The molecule has 10 nitrogen and oxygen atoms in total. The lowest BCUT2D eigenvalue weighted by Crippen LogP contribution is -2.31. The van der Waals surface area contributed by atoms with Crippen LogP contribution in [0, 0.1) is 0 Å². The number of hydrogen-bond acceptors (Lipinski definition) is 8. The maximum absolute atomic E-state index is 12.2. The summed E-state index contributed by atoms with van der Waals surface area (Å²) in [5.74, 6) is -0.659. The molecule has 4 aromatic carbocycles. The Kier molecular flexibility index (Phi) is 14.8. The summed E-state index contributed by atoms with van der Waals surface area (Å²) >= 11 is 6.07. The van der Waals surface area contributed by atoms with E-state index < -0.39 is 17.5 Å². The number of likely N-dealkylation sites (tertiary alicyclic amines) is 1. The van der Waals surface area contributed by atoms with E-state index in [1.807, 2.05) is 42.5 Å². The molecule has 0 spiro atoms. The van der Waals surface area contributed by atoms with Gasteiger partial charge in [-0.2, -0.15) is 0 Å². The molecule has 2 heterocycles. The number of carboxylic acids is 2. The number of nitrogens with zero attached hydrogens (tertiary/aromatic N) is 1. The van der Waals surface area contributed by atoms with Crippen LogP contribution in [0.25, 0.3) is 22.3 Å². The van der Waals surface area contributed by atoms with Crippen molar-refractivity contribution in [1.29, 1.82) is 0 Å². The molecule has 1 saturated heterocycles. The van der Waals surface area contributed by atoms with Crippen molar-refractivity contribution in [2.45, 2.75) is 37.8 Å². The molecule has 0 aliphatic carbocycles. The molecule has 6 rings (SSSR count). The first-order chi connectivity index (χ1) is 25.4. The summed E-state index contributed by atoms with van der Waals surface area (Å²) in [6.07, 6.45) is 4.77. The number of ether oxygens (including phenoxy) is 3. The molecule has 2 N–H and O–H groups in total. The maximum atomic E-state index is 12.2. The van der Waals surface area contributed by atoms with Gasteiger partial charge in [0.25, 0.3) is 0 Å². The molecule has 0 amide bonds. The number of carboxylic acid groups (broad SMARTS) is 2. The van der Waals surface area contributed by atoms with E-state index in [2.05, 4.69) is 55.3 Å². The minimum atomic E-state index is -1.26. The fourth-order valence-corrected chi connectivity index (χ4v) is 6.05. The second-order valence-electron chi connectivity index (χ2n) is 12.4. The molecular formula is C42H44ClNO9. The van der Waals surface area contributed by atoms with Crippen LogP contribution in [0.2, 0.25) is 5.02 Å². The molecule has 1 fully saturated rings. The van der Waals surface area contributed by atoms with E-state index in [0.29, 0.717) is 46.4 Å². The number of halogens is 1. The number of carbonyl (C=O) groups is 2. The molecule has 1 aliphatic heterocycles. The standard InChI is InChI=1S/C21H26ClNO.C17H14O4.C4H4O4/c1-21(17-7-4-3-5-8-17,18-10-12-19(22)13-11-18)24-16-14-20-9-6-15-23(20)2;1-19-12-5-3-4-11(8-12)16-10-15(18)14-7-6-13(20-2)9-17(14)21-16;5-3(6)1-2-4(7)8/h3-5,7-8,10-13,20H,6,9,14-16H2,1-2H3;3-10H,1-2H3;1-2H,(H,5,6)(H,7,8). The average Bonchev–Trinajstić information content (AvgIpc) is 3.58. The monoisotopic (exact) mass is 741 g/mol. The van der Waals surface area contributed by atoms with Crippen LogP contribution in [0.1, 0.15) is 37.3 Å². The van der Waals surface area contributed by atoms with Crippen molar-refractivity contribution in [3.05, 3.63) is 142 Å². The van der Waals surface area contributed by atoms with Crippen molar-refractivity contribution in [2.24, 2.45) is 0 Å². The van der Waals surface area contributed by atoms with Crippen LogP contribution in [0.4, 0.5) is 0 Å². The topological polar surface area (TPSA) is 136 Å². The number of methoxy groups -OCH3 is 2. The van der Waals surface area contributed by atoms with Gasteiger partial charge in [-0.15, -0.1) is 0 Å². The van der Waals surface area contributed by atoms with E-state index in [-0.39, 0.29) is 5.43 Å². The van der Waals surface area contributed by atoms with Gasteiger partial charge in [-0.3, -0.25) is 4.79 Å². The number of aliphatic carboxylic acids is 2. The Hall–Kier alpha value is -5.42. The van der Waals surface area contributed by atoms with Gasteiger partial charge in [0.15, 0.2) is 5.43 Å². The first-order valence-corrected chi connectivity index (χ1v) is 17.4. The third kappa shape index (κ3) is 11.5. The Morgan fingerprint density at radius 2 is 1.51 bits per heavy atom. The summed E-state index contributed by atoms with van der Waals surface area (Å²) in [4.78, 5) is 33.8. The zero-order valence-corrected chi connectivity index (χ0v) is 30.9. The van der Waals surface area contributed by atoms with Gasteiger partial charge in [-0.1, -0.05) is 66.2 Å². The van der Waals surface area contributed by atoms with E-state index in [0.717, 1.165) is 29.2 Å². The quantitative estimate of drug-likeness (QED) is 0.127. The summed E-state index contributed by atoms with van der Waals surface area (Å²) in [7, 11) is 5.39. The van der Waals surface area contributed by atoms with E-state index in [4.69, 9.17) is 40.4 Å². The third-order valence-corrected chi connectivity index (χ3v) is 9.14. The summed E-state index contributed by atoms with van der Waals surface area (Å²) < 4.78 is 22.7. The molecule has 11 heteroatoms. The molecule has 53 heavy (non-hydrogen) atoms. The van der Waals surface area contributed by atoms with Crippen molar-refractivity contribution in [3.8, 4) is 22.8 Å². The third-order valence-electron chi connectivity index (χ3n) is 8.89. The predicted octanol–water partition coefficient (Wildman–Crippen LogP) is 8.29. The van der Waals surface area contributed by atoms with Gasteiger partial charge < -0.3 is 33.7 Å². The zero-order chi connectivity index (χ0) is 38.4. The first-order valence-electron chi connectivity index (χ1n) is 17.0. The smallest absolute Gasteiger partial charge is 0.328 e. The lowest BCUT2D eigenvalue weighted by Gasteiger charge is -2.32. The van der Waals surface area contributed by atoms with Crippen molar-refractivity contribution in [1.82, 2.24) is 4.90 Å². The van der Waals surface area contributed by atoms with E-state index >= 15 is 0 Å². The molecular weight excluding hydrogens is 698 g/mol. The number of rotatable bonds is 11. The largest absolute Gasteiger partial charge is 0.497 e. The molecule has 278 valence electrons. The highest BCUT2D eigenvalue weighted by atomic mass is 35.5. The Morgan fingerprint density at radius 3 is 2.11 bits per heavy atom. The molecule has 0 bridgehead atoms. The Bertz CT molecular complexity index is 2030.